The van der Waals surface area contributed by atoms with Gasteiger partial charge < -0.3 is 4.74 Å². The van der Waals surface area contributed by atoms with Crippen LogP contribution in [-0.2, 0) is 16.2 Å². The van der Waals surface area contributed by atoms with E-state index in [0.29, 0.717) is 0 Å². The lowest BCUT2D eigenvalue weighted by molar-refractivity contribution is -0.141. The van der Waals surface area contributed by atoms with E-state index in [-0.39, 0.29) is 29.1 Å². The summed E-state index contributed by atoms with van der Waals surface area (Å²) in [6.07, 6.45) is -0.160. The lowest BCUT2D eigenvalue weighted by atomic mass is 10.1. The number of hydrogen-bond donors (Lipinski definition) is 1. The first-order valence-corrected chi connectivity index (χ1v) is 9.88. The van der Waals surface area contributed by atoms with Gasteiger partial charge in [-0.15, -0.1) is 0 Å². The number of alkyl halides is 3. The van der Waals surface area contributed by atoms with Gasteiger partial charge in [0.05, 0.1) is 6.61 Å². The van der Waals surface area contributed by atoms with E-state index in [2.05, 4.69) is 10.1 Å². The zero-order valence-electron chi connectivity index (χ0n) is 14.5. The molecule has 0 radical (unpaired) electrons. The summed E-state index contributed by atoms with van der Waals surface area (Å²) in [7, 11) is -4.02. The zero-order chi connectivity index (χ0) is 20.5. The number of nitrogens with zero attached hydrogens (tertiary/aromatic N) is 4. The Bertz CT molecular complexity index is 1000. The molecule has 1 aliphatic carbocycles. The van der Waals surface area contributed by atoms with E-state index in [1.165, 1.54) is 6.07 Å². The predicted molar refractivity (Wildman–Crippen MR) is 89.9 cm³/mol. The van der Waals surface area contributed by atoms with Crippen LogP contribution in [0.2, 0.25) is 0 Å². The summed E-state index contributed by atoms with van der Waals surface area (Å²) in [6, 6.07) is 3.72. The molecule has 1 aliphatic rings. The van der Waals surface area contributed by atoms with Crippen LogP contribution in [0.15, 0.2) is 23.2 Å². The molecule has 150 valence electrons. The third-order valence-corrected chi connectivity index (χ3v) is 5.32. The van der Waals surface area contributed by atoms with Gasteiger partial charge in [-0.3, -0.25) is 0 Å². The summed E-state index contributed by atoms with van der Waals surface area (Å²) in [5.74, 6) is -0.333. The van der Waals surface area contributed by atoms with E-state index in [9.17, 15) is 26.9 Å². The molecule has 28 heavy (non-hydrogen) atoms. The smallest absolute Gasteiger partial charge is 0.436 e. The van der Waals surface area contributed by atoms with E-state index >= 15 is 0 Å². The number of primary sulfonamides is 1. The van der Waals surface area contributed by atoms with Crippen molar-refractivity contribution >= 4 is 10.0 Å². The molecule has 3 rings (SSSR count). The molecular weight excluding hydrogens is 399 g/mol. The standard InChI is InChI=1S/C16H16F3N5O3S/c17-16(18,19)14-12(7-20)15(27-9-10-3-1-2-4-10)24(23-14)13-6-5-11(8-22-13)28(21,25)26/h5-6,8,10H,1-4,9H2,(H2,21,25,26). The van der Waals surface area contributed by atoms with Gasteiger partial charge in [-0.25, -0.2) is 18.5 Å². The van der Waals surface area contributed by atoms with Crippen molar-refractivity contribution in [2.24, 2.45) is 11.1 Å². The Hall–Kier alpha value is -2.65. The van der Waals surface area contributed by atoms with Crippen LogP contribution in [0.5, 0.6) is 5.88 Å². The maximum atomic E-state index is 13.3. The molecule has 0 amide bonds. The quantitative estimate of drug-likeness (QED) is 0.800. The SMILES string of the molecule is N#Cc1c(C(F)(F)F)nn(-c2ccc(S(N)(=O)=O)cn2)c1OCC1CCCC1. The molecule has 0 aromatic carbocycles. The average Bonchev–Trinajstić information content (AvgIpc) is 3.26. The monoisotopic (exact) mass is 415 g/mol. The van der Waals surface area contributed by atoms with Crippen molar-refractivity contribution in [2.75, 3.05) is 6.61 Å². The number of rotatable bonds is 5. The summed E-state index contributed by atoms with van der Waals surface area (Å²) in [6.45, 7) is 0.146. The minimum atomic E-state index is -4.87. The second kappa shape index (κ2) is 7.40. The fourth-order valence-corrected chi connectivity index (χ4v) is 3.49. The first-order chi connectivity index (χ1) is 13.1. The van der Waals surface area contributed by atoms with Gasteiger partial charge in [-0.2, -0.15) is 28.2 Å². The van der Waals surface area contributed by atoms with Crippen molar-refractivity contribution in [3.05, 3.63) is 29.6 Å². The predicted octanol–water partition coefficient (Wildman–Crippen LogP) is 2.37. The van der Waals surface area contributed by atoms with Gasteiger partial charge in [0.15, 0.2) is 11.5 Å². The molecule has 8 nitrogen and oxygen atoms in total. The molecule has 0 aliphatic heterocycles. The molecular formula is C16H16F3N5O3S. The van der Waals surface area contributed by atoms with E-state index in [0.717, 1.165) is 48.7 Å². The highest BCUT2D eigenvalue weighted by Crippen LogP contribution is 2.37. The lowest BCUT2D eigenvalue weighted by Gasteiger charge is -2.13. The van der Waals surface area contributed by atoms with Crippen molar-refractivity contribution in [1.82, 2.24) is 14.8 Å². The summed E-state index contributed by atoms with van der Waals surface area (Å²) in [5, 5.41) is 17.7. The van der Waals surface area contributed by atoms with Crippen LogP contribution in [0.1, 0.15) is 36.9 Å². The third kappa shape index (κ3) is 4.10. The summed E-state index contributed by atoms with van der Waals surface area (Å²) < 4.78 is 68.9. The van der Waals surface area contributed by atoms with Crippen LogP contribution in [0, 0.1) is 17.2 Å². The Kier molecular flexibility index (Phi) is 5.31. The van der Waals surface area contributed by atoms with Gasteiger partial charge in [-0.05, 0) is 30.9 Å². The van der Waals surface area contributed by atoms with Gasteiger partial charge in [0.1, 0.15) is 16.5 Å². The minimum Gasteiger partial charge on any atom is -0.476 e. The van der Waals surface area contributed by atoms with E-state index < -0.39 is 27.5 Å². The molecule has 0 atom stereocenters. The molecule has 1 fully saturated rings. The highest BCUT2D eigenvalue weighted by molar-refractivity contribution is 7.89. The van der Waals surface area contributed by atoms with Crippen molar-refractivity contribution in [1.29, 1.82) is 5.26 Å². The van der Waals surface area contributed by atoms with Gasteiger partial charge in [0.25, 0.3) is 0 Å². The van der Waals surface area contributed by atoms with Crippen molar-refractivity contribution in [3.8, 4) is 17.8 Å². The number of sulfonamides is 1. The zero-order valence-corrected chi connectivity index (χ0v) is 15.3. The number of nitrogens with two attached hydrogens (primary N) is 1. The molecule has 0 unspecified atom stereocenters. The number of pyridine rings is 1. The fraction of sp³-hybridized carbons (Fsp3) is 0.438. The van der Waals surface area contributed by atoms with Gasteiger partial charge >= 0.3 is 6.18 Å². The summed E-state index contributed by atoms with van der Waals surface area (Å²) in [5.41, 5.74) is -2.14. The third-order valence-electron chi connectivity index (χ3n) is 4.42. The van der Waals surface area contributed by atoms with Gasteiger partial charge in [0.2, 0.25) is 15.9 Å². The van der Waals surface area contributed by atoms with E-state index in [1.54, 1.807) is 0 Å². The number of nitriles is 1. The first-order valence-electron chi connectivity index (χ1n) is 8.33. The average molecular weight is 415 g/mol. The first kappa shape index (κ1) is 20.1. The highest BCUT2D eigenvalue weighted by atomic mass is 32.2. The number of ether oxygens (including phenoxy) is 1. The molecule has 2 aromatic heterocycles. The van der Waals surface area contributed by atoms with Crippen molar-refractivity contribution < 1.29 is 26.3 Å². The maximum absolute atomic E-state index is 13.3. The van der Waals surface area contributed by atoms with Crippen LogP contribution in [-0.4, -0.2) is 29.8 Å². The van der Waals surface area contributed by atoms with Crippen LogP contribution in [0.25, 0.3) is 5.82 Å². The normalized spacial score (nSPS) is 15.5. The van der Waals surface area contributed by atoms with Gasteiger partial charge in [-0.1, -0.05) is 12.8 Å². The second-order valence-electron chi connectivity index (χ2n) is 6.41. The van der Waals surface area contributed by atoms with Gasteiger partial charge in [0, 0.05) is 6.20 Å². The Morgan fingerprint density at radius 1 is 1.32 bits per heavy atom. The minimum absolute atomic E-state index is 0.138. The molecule has 2 N–H and O–H groups in total. The second-order valence-corrected chi connectivity index (χ2v) is 7.97. The van der Waals surface area contributed by atoms with Crippen LogP contribution in [0.3, 0.4) is 0 Å². The lowest BCUT2D eigenvalue weighted by Crippen LogP contribution is -2.14. The molecule has 2 heterocycles. The fourth-order valence-electron chi connectivity index (χ4n) is 3.03. The Balaban J connectivity index is 2.05. The van der Waals surface area contributed by atoms with Crippen molar-refractivity contribution in [2.45, 2.75) is 36.8 Å². The molecule has 0 bridgehead atoms. The largest absolute Gasteiger partial charge is 0.476 e. The number of hydrogen-bond acceptors (Lipinski definition) is 6. The molecule has 2 aromatic rings. The maximum Gasteiger partial charge on any atom is 0.436 e. The highest BCUT2D eigenvalue weighted by Gasteiger charge is 2.41. The Labute approximate surface area is 158 Å². The number of halogens is 3. The topological polar surface area (TPSA) is 124 Å². The summed E-state index contributed by atoms with van der Waals surface area (Å²) in [4.78, 5) is 3.50. The van der Waals surface area contributed by atoms with Crippen LogP contribution >= 0.6 is 0 Å². The molecule has 1 saturated carbocycles. The van der Waals surface area contributed by atoms with Crippen LogP contribution < -0.4 is 9.88 Å². The van der Waals surface area contributed by atoms with E-state index in [1.807, 2.05) is 0 Å². The molecule has 0 saturated heterocycles. The van der Waals surface area contributed by atoms with Crippen molar-refractivity contribution in [3.63, 3.8) is 0 Å². The summed E-state index contributed by atoms with van der Waals surface area (Å²) >= 11 is 0. The number of aromatic nitrogens is 3. The Morgan fingerprint density at radius 2 is 2.00 bits per heavy atom. The molecule has 0 spiro atoms. The molecule has 12 heteroatoms. The van der Waals surface area contributed by atoms with E-state index in [4.69, 9.17) is 9.88 Å². The Morgan fingerprint density at radius 3 is 2.50 bits per heavy atom. The van der Waals surface area contributed by atoms with Crippen LogP contribution in [0.4, 0.5) is 13.2 Å².